The number of aliphatic hydroxyl groups excluding tert-OH is 2. The van der Waals surface area contributed by atoms with Crippen LogP contribution in [-0.2, 0) is 4.79 Å². The second-order valence-corrected chi connectivity index (χ2v) is 12.0. The van der Waals surface area contributed by atoms with Gasteiger partial charge in [-0.05, 0) is 80.8 Å². The second kappa shape index (κ2) is 8.21. The molecule has 4 aliphatic rings. The van der Waals surface area contributed by atoms with Crippen LogP contribution in [0.1, 0.15) is 66.7 Å². The van der Waals surface area contributed by atoms with Crippen LogP contribution in [0, 0.1) is 46.3 Å². The van der Waals surface area contributed by atoms with Crippen molar-refractivity contribution >= 4 is 5.78 Å². The average Bonchev–Trinajstić information content (AvgIpc) is 3.05. The third-order valence-electron chi connectivity index (χ3n) is 10.0. The van der Waals surface area contributed by atoms with Crippen LogP contribution in [0.3, 0.4) is 0 Å². The first-order valence-electron chi connectivity index (χ1n) is 12.6. The molecule has 4 heteroatoms. The lowest BCUT2D eigenvalue weighted by Gasteiger charge is -2.58. The Hall–Kier alpha value is -1.23. The van der Waals surface area contributed by atoms with E-state index in [1.54, 1.807) is 6.08 Å². The molecule has 3 fully saturated rings. The van der Waals surface area contributed by atoms with Gasteiger partial charge in [0.05, 0.1) is 11.7 Å². The van der Waals surface area contributed by atoms with Gasteiger partial charge in [0.15, 0.2) is 5.78 Å². The largest absolute Gasteiger partial charge is 0.396 e. The van der Waals surface area contributed by atoms with E-state index in [1.165, 1.54) is 5.57 Å². The summed E-state index contributed by atoms with van der Waals surface area (Å²) in [6.45, 7) is 10.6. The van der Waals surface area contributed by atoms with Crippen LogP contribution in [0.15, 0.2) is 36.0 Å². The van der Waals surface area contributed by atoms with Gasteiger partial charge in [-0.15, -0.1) is 0 Å². The standard InChI is InChI=1S/C28H42O4/c1-17(2)18(3)8-12-27(5,32)25-24(31)15-23-21-7-6-19-14-20(30)9-11-26(19,4)22(21)10-13-28(23,25)16-29/h8-9,11-12,14,17-18,21-25,29,31-32H,6-7,10,13,15-16H2,1-5H3/b12-8+/t18?,21-,22+,23+,24+,25-,26+,27+,28-/m1/s1. The lowest BCUT2D eigenvalue weighted by atomic mass is 9.47. The summed E-state index contributed by atoms with van der Waals surface area (Å²) in [5.41, 5.74) is -0.513. The number of carbonyl (C=O) groups excluding carboxylic acids is 1. The maximum atomic E-state index is 12.0. The van der Waals surface area contributed by atoms with Crippen molar-refractivity contribution in [3.8, 4) is 0 Å². The van der Waals surface area contributed by atoms with Crippen molar-refractivity contribution < 1.29 is 20.1 Å². The number of hydrogen-bond acceptors (Lipinski definition) is 4. The van der Waals surface area contributed by atoms with Gasteiger partial charge in [-0.2, -0.15) is 0 Å². The molecule has 4 nitrogen and oxygen atoms in total. The highest BCUT2D eigenvalue weighted by molar-refractivity contribution is 6.01. The number of hydrogen-bond donors (Lipinski definition) is 3. The zero-order valence-electron chi connectivity index (χ0n) is 20.4. The first-order chi connectivity index (χ1) is 15.0. The van der Waals surface area contributed by atoms with Crippen molar-refractivity contribution in [3.63, 3.8) is 0 Å². The fraction of sp³-hybridized carbons (Fsp3) is 0.750. The summed E-state index contributed by atoms with van der Waals surface area (Å²) >= 11 is 0. The molecular weight excluding hydrogens is 400 g/mol. The van der Waals surface area contributed by atoms with Gasteiger partial charge >= 0.3 is 0 Å². The Morgan fingerprint density at radius 1 is 1.25 bits per heavy atom. The number of ketones is 1. The van der Waals surface area contributed by atoms with E-state index in [0.717, 1.165) is 25.7 Å². The van der Waals surface area contributed by atoms with Crippen LogP contribution in [0.5, 0.6) is 0 Å². The van der Waals surface area contributed by atoms with Gasteiger partial charge in [0.2, 0.25) is 0 Å². The van der Waals surface area contributed by atoms with Gasteiger partial charge in [0.1, 0.15) is 0 Å². The van der Waals surface area contributed by atoms with E-state index in [4.69, 9.17) is 0 Å². The van der Waals surface area contributed by atoms with Gasteiger partial charge < -0.3 is 15.3 Å². The maximum Gasteiger partial charge on any atom is 0.178 e. The number of fused-ring (bicyclic) bond motifs is 5. The molecule has 0 aromatic carbocycles. The number of carbonyl (C=O) groups is 1. The van der Waals surface area contributed by atoms with Gasteiger partial charge in [-0.1, -0.05) is 51.5 Å². The predicted octanol–water partition coefficient (Wildman–Crippen LogP) is 4.45. The van der Waals surface area contributed by atoms with Crippen LogP contribution in [-0.4, -0.2) is 39.4 Å². The zero-order chi connectivity index (χ0) is 23.5. The Morgan fingerprint density at radius 2 is 1.97 bits per heavy atom. The summed E-state index contributed by atoms with van der Waals surface area (Å²) in [5, 5.41) is 33.6. The van der Waals surface area contributed by atoms with Crippen molar-refractivity contribution in [2.24, 2.45) is 46.3 Å². The Morgan fingerprint density at radius 3 is 2.62 bits per heavy atom. The SMILES string of the molecule is CC(C)C(C)/C=C/[C@](C)(O)[C@H]1[C@@H](O)C[C@H]2[C@@H]3CCC4=CC(=O)C=C[C@]4(C)[C@H]3CC[C@@]21CO. The summed E-state index contributed by atoms with van der Waals surface area (Å²) in [4.78, 5) is 12.0. The molecule has 0 spiro atoms. The summed E-state index contributed by atoms with van der Waals surface area (Å²) in [7, 11) is 0. The smallest absolute Gasteiger partial charge is 0.178 e. The molecule has 0 radical (unpaired) electrons. The molecule has 178 valence electrons. The average molecular weight is 443 g/mol. The zero-order valence-corrected chi connectivity index (χ0v) is 20.4. The molecule has 0 aliphatic heterocycles. The van der Waals surface area contributed by atoms with E-state index >= 15 is 0 Å². The topological polar surface area (TPSA) is 77.8 Å². The normalized spacial score (nSPS) is 44.1. The molecule has 0 heterocycles. The first-order valence-corrected chi connectivity index (χ1v) is 12.6. The highest BCUT2D eigenvalue weighted by Crippen LogP contribution is 2.67. The molecule has 4 rings (SSSR count). The third kappa shape index (κ3) is 3.58. The Kier molecular flexibility index (Phi) is 6.14. The van der Waals surface area contributed by atoms with Crippen molar-refractivity contribution in [1.82, 2.24) is 0 Å². The van der Waals surface area contributed by atoms with Crippen LogP contribution in [0.25, 0.3) is 0 Å². The molecule has 0 saturated heterocycles. The van der Waals surface area contributed by atoms with Gasteiger partial charge in [-0.25, -0.2) is 0 Å². The van der Waals surface area contributed by atoms with Crippen LogP contribution in [0.4, 0.5) is 0 Å². The van der Waals surface area contributed by atoms with Crippen molar-refractivity contribution in [2.45, 2.75) is 78.4 Å². The Balaban J connectivity index is 1.66. The monoisotopic (exact) mass is 442 g/mol. The van der Waals surface area contributed by atoms with Crippen molar-refractivity contribution in [2.75, 3.05) is 6.61 Å². The highest BCUT2D eigenvalue weighted by Gasteiger charge is 2.65. The molecule has 3 N–H and O–H groups in total. The minimum Gasteiger partial charge on any atom is -0.396 e. The maximum absolute atomic E-state index is 12.0. The van der Waals surface area contributed by atoms with Gasteiger partial charge in [-0.3, -0.25) is 4.79 Å². The van der Waals surface area contributed by atoms with E-state index < -0.39 is 17.1 Å². The summed E-state index contributed by atoms with van der Waals surface area (Å²) < 4.78 is 0. The molecule has 0 amide bonds. The Labute approximate surface area is 193 Å². The fourth-order valence-electron chi connectivity index (χ4n) is 7.95. The molecule has 1 unspecified atom stereocenters. The first kappa shape index (κ1) is 23.9. The quantitative estimate of drug-likeness (QED) is 0.550. The van der Waals surface area contributed by atoms with Crippen molar-refractivity contribution in [1.29, 1.82) is 0 Å². The van der Waals surface area contributed by atoms with Crippen molar-refractivity contribution in [3.05, 3.63) is 36.0 Å². The number of allylic oxidation sites excluding steroid dienone is 5. The molecule has 0 aromatic heterocycles. The molecule has 4 aliphatic carbocycles. The fourth-order valence-corrected chi connectivity index (χ4v) is 7.95. The van der Waals surface area contributed by atoms with Crippen LogP contribution in [0.2, 0.25) is 0 Å². The molecule has 3 saturated carbocycles. The number of rotatable bonds is 5. The molecule has 0 aromatic rings. The minimum atomic E-state index is -1.17. The van der Waals surface area contributed by atoms with Gasteiger partial charge in [0.25, 0.3) is 0 Å². The van der Waals surface area contributed by atoms with Gasteiger partial charge in [0, 0.05) is 23.4 Å². The number of aliphatic hydroxyl groups is 3. The molecule has 9 atom stereocenters. The lowest BCUT2D eigenvalue weighted by Crippen LogP contribution is -2.55. The van der Waals surface area contributed by atoms with E-state index in [2.05, 4.69) is 39.8 Å². The summed E-state index contributed by atoms with van der Waals surface area (Å²) in [6.07, 6.45) is 13.3. The Bertz CT molecular complexity index is 836. The lowest BCUT2D eigenvalue weighted by molar-refractivity contribution is -0.126. The third-order valence-corrected chi connectivity index (χ3v) is 10.0. The van der Waals surface area contributed by atoms with Crippen LogP contribution >= 0.6 is 0 Å². The van der Waals surface area contributed by atoms with E-state index in [1.807, 2.05) is 19.1 Å². The highest BCUT2D eigenvalue weighted by atomic mass is 16.3. The van der Waals surface area contributed by atoms with E-state index in [9.17, 15) is 20.1 Å². The summed E-state index contributed by atoms with van der Waals surface area (Å²) in [5.74, 6) is 1.49. The molecule has 32 heavy (non-hydrogen) atoms. The van der Waals surface area contributed by atoms with E-state index in [-0.39, 0.29) is 29.6 Å². The summed E-state index contributed by atoms with van der Waals surface area (Å²) in [6, 6.07) is 0. The molecule has 0 bridgehead atoms. The molecular formula is C28H42O4. The van der Waals surface area contributed by atoms with Crippen LogP contribution < -0.4 is 0 Å². The minimum absolute atomic E-state index is 0.0000728. The second-order valence-electron chi connectivity index (χ2n) is 12.0. The predicted molar refractivity (Wildman–Crippen MR) is 127 cm³/mol. The van der Waals surface area contributed by atoms with E-state index in [0.29, 0.717) is 30.1 Å².